The molecular weight excluding hydrogens is 469 g/mol. The van der Waals surface area contributed by atoms with Crippen LogP contribution in [0.15, 0.2) is 84.9 Å². The normalized spacial score (nSPS) is 15.0. The van der Waals surface area contributed by atoms with E-state index in [1.807, 2.05) is 48.5 Å². The Morgan fingerprint density at radius 1 is 0.861 bits per heavy atom. The molecule has 184 valence electrons. The standard InChI is InChI=1S/C30H30FN3OS/c1-21-22(2)36-30(32-29(35)24-9-5-3-6-10-24)27(21)28(23-13-15-25(31)16-14-23)34-19-17-33(18-20-34)26-11-7-4-8-12-26/h3-16,28H,17-20H2,1-2H3,(H,32,35)/t28-/m0/s1. The summed E-state index contributed by atoms with van der Waals surface area (Å²) >= 11 is 1.61. The third-order valence-corrected chi connectivity index (χ3v) is 8.09. The van der Waals surface area contributed by atoms with Crippen molar-refractivity contribution in [3.05, 3.63) is 118 Å². The van der Waals surface area contributed by atoms with Crippen molar-refractivity contribution in [3.8, 4) is 0 Å². The van der Waals surface area contributed by atoms with Crippen molar-refractivity contribution in [1.82, 2.24) is 4.90 Å². The van der Waals surface area contributed by atoms with E-state index in [1.54, 1.807) is 11.3 Å². The number of aryl methyl sites for hydroxylation is 1. The van der Waals surface area contributed by atoms with Gasteiger partial charge in [0.25, 0.3) is 5.91 Å². The first-order valence-corrected chi connectivity index (χ1v) is 13.1. The van der Waals surface area contributed by atoms with Crippen molar-refractivity contribution < 1.29 is 9.18 Å². The molecule has 0 radical (unpaired) electrons. The van der Waals surface area contributed by atoms with Gasteiger partial charge in [0, 0.05) is 47.9 Å². The number of para-hydroxylation sites is 1. The summed E-state index contributed by atoms with van der Waals surface area (Å²) in [6.45, 7) is 7.73. The maximum atomic E-state index is 13.9. The molecule has 1 aliphatic heterocycles. The van der Waals surface area contributed by atoms with Crippen LogP contribution in [0.25, 0.3) is 0 Å². The van der Waals surface area contributed by atoms with Crippen LogP contribution in [0.5, 0.6) is 0 Å². The largest absolute Gasteiger partial charge is 0.369 e. The minimum Gasteiger partial charge on any atom is -0.369 e. The van der Waals surface area contributed by atoms with Crippen LogP contribution in [0, 0.1) is 19.7 Å². The summed E-state index contributed by atoms with van der Waals surface area (Å²) in [4.78, 5) is 19.1. The lowest BCUT2D eigenvalue weighted by Crippen LogP contribution is -2.48. The molecule has 2 heterocycles. The van der Waals surface area contributed by atoms with Crippen LogP contribution < -0.4 is 10.2 Å². The first kappa shape index (κ1) is 24.2. The molecule has 1 amide bonds. The van der Waals surface area contributed by atoms with Gasteiger partial charge in [0.15, 0.2) is 0 Å². The average Bonchev–Trinajstić information content (AvgIpc) is 3.19. The van der Waals surface area contributed by atoms with Crippen LogP contribution in [0.4, 0.5) is 15.1 Å². The van der Waals surface area contributed by atoms with Crippen LogP contribution in [0.2, 0.25) is 0 Å². The Kier molecular flexibility index (Phi) is 7.16. The van der Waals surface area contributed by atoms with E-state index >= 15 is 0 Å². The van der Waals surface area contributed by atoms with Gasteiger partial charge in [-0.15, -0.1) is 11.3 Å². The number of thiophene rings is 1. The molecular formula is C30H30FN3OS. The molecule has 4 nitrogen and oxygen atoms in total. The Morgan fingerprint density at radius 2 is 1.47 bits per heavy atom. The first-order chi connectivity index (χ1) is 17.5. The number of carbonyl (C=O) groups is 1. The van der Waals surface area contributed by atoms with Gasteiger partial charge in [-0.25, -0.2) is 4.39 Å². The van der Waals surface area contributed by atoms with E-state index in [-0.39, 0.29) is 17.8 Å². The lowest BCUT2D eigenvalue weighted by Gasteiger charge is -2.41. The number of anilines is 2. The van der Waals surface area contributed by atoms with Crippen LogP contribution in [-0.4, -0.2) is 37.0 Å². The molecule has 1 fully saturated rings. The van der Waals surface area contributed by atoms with E-state index in [9.17, 15) is 9.18 Å². The Bertz CT molecular complexity index is 1310. The highest BCUT2D eigenvalue weighted by molar-refractivity contribution is 7.16. The van der Waals surface area contributed by atoms with Crippen LogP contribution in [0.1, 0.15) is 38.0 Å². The van der Waals surface area contributed by atoms with Crippen molar-refractivity contribution in [3.63, 3.8) is 0 Å². The lowest BCUT2D eigenvalue weighted by molar-refractivity contribution is 0.102. The maximum Gasteiger partial charge on any atom is 0.256 e. The summed E-state index contributed by atoms with van der Waals surface area (Å²) in [5.41, 5.74) is 5.15. The molecule has 0 spiro atoms. The molecule has 1 atom stereocenters. The number of hydrogen-bond donors (Lipinski definition) is 1. The second-order valence-electron chi connectivity index (χ2n) is 9.16. The summed E-state index contributed by atoms with van der Waals surface area (Å²) in [5.74, 6) is -0.368. The minimum absolute atomic E-state index is 0.0838. The molecule has 1 aromatic heterocycles. The molecule has 4 aromatic rings. The van der Waals surface area contributed by atoms with Crippen molar-refractivity contribution >= 4 is 27.9 Å². The van der Waals surface area contributed by atoms with Crippen LogP contribution in [0.3, 0.4) is 0 Å². The highest BCUT2D eigenvalue weighted by atomic mass is 32.1. The Balaban J connectivity index is 1.49. The number of amides is 1. The van der Waals surface area contributed by atoms with Crippen LogP contribution >= 0.6 is 11.3 Å². The van der Waals surface area contributed by atoms with Crippen molar-refractivity contribution in [2.45, 2.75) is 19.9 Å². The highest BCUT2D eigenvalue weighted by Gasteiger charge is 2.31. The third-order valence-electron chi connectivity index (χ3n) is 6.95. The van der Waals surface area contributed by atoms with Gasteiger partial charge >= 0.3 is 0 Å². The number of carbonyl (C=O) groups excluding carboxylic acids is 1. The zero-order valence-electron chi connectivity index (χ0n) is 20.6. The molecule has 1 N–H and O–H groups in total. The SMILES string of the molecule is Cc1sc(NC(=O)c2ccccc2)c([C@H](c2ccc(F)cc2)N2CCN(c3ccccc3)CC2)c1C. The second kappa shape index (κ2) is 10.6. The monoisotopic (exact) mass is 499 g/mol. The van der Waals surface area contributed by atoms with E-state index < -0.39 is 0 Å². The Hall–Kier alpha value is -3.48. The maximum absolute atomic E-state index is 13.9. The summed E-state index contributed by atoms with van der Waals surface area (Å²) in [7, 11) is 0. The first-order valence-electron chi connectivity index (χ1n) is 12.3. The minimum atomic E-state index is -0.248. The quantitative estimate of drug-likeness (QED) is 0.322. The number of hydrogen-bond acceptors (Lipinski definition) is 4. The van der Waals surface area contributed by atoms with Gasteiger partial charge in [0.2, 0.25) is 0 Å². The van der Waals surface area contributed by atoms with E-state index in [1.165, 1.54) is 28.3 Å². The number of nitrogens with zero attached hydrogens (tertiary/aromatic N) is 2. The van der Waals surface area contributed by atoms with E-state index in [0.29, 0.717) is 5.56 Å². The van der Waals surface area contributed by atoms with Crippen molar-refractivity contribution in [2.75, 3.05) is 36.4 Å². The fourth-order valence-corrected chi connectivity index (χ4v) is 6.00. The molecule has 0 saturated carbocycles. The van der Waals surface area contributed by atoms with E-state index in [4.69, 9.17) is 0 Å². The topological polar surface area (TPSA) is 35.6 Å². The number of halogens is 1. The summed E-state index contributed by atoms with van der Waals surface area (Å²) in [5, 5.41) is 4.05. The van der Waals surface area contributed by atoms with Crippen LogP contribution in [-0.2, 0) is 0 Å². The fourth-order valence-electron chi connectivity index (χ4n) is 4.91. The molecule has 0 unspecified atom stereocenters. The molecule has 3 aromatic carbocycles. The van der Waals surface area contributed by atoms with Gasteiger partial charge in [0.1, 0.15) is 10.8 Å². The number of nitrogens with one attached hydrogen (secondary N) is 1. The van der Waals surface area contributed by atoms with Gasteiger partial charge in [-0.3, -0.25) is 9.69 Å². The van der Waals surface area contributed by atoms with Gasteiger partial charge in [0.05, 0.1) is 6.04 Å². The molecule has 1 aliphatic rings. The van der Waals surface area contributed by atoms with Gasteiger partial charge in [-0.05, 0) is 61.4 Å². The predicted molar refractivity (Wildman–Crippen MR) is 147 cm³/mol. The third kappa shape index (κ3) is 5.06. The molecule has 36 heavy (non-hydrogen) atoms. The summed E-state index contributed by atoms with van der Waals surface area (Å²) < 4.78 is 13.9. The fraction of sp³-hybridized carbons (Fsp3) is 0.233. The Labute approximate surface area is 216 Å². The number of benzene rings is 3. The molecule has 0 bridgehead atoms. The smallest absolute Gasteiger partial charge is 0.256 e. The summed E-state index contributed by atoms with van der Waals surface area (Å²) in [6, 6.07) is 26.5. The lowest BCUT2D eigenvalue weighted by atomic mass is 9.94. The number of rotatable bonds is 6. The van der Waals surface area contributed by atoms with Gasteiger partial charge < -0.3 is 10.2 Å². The van der Waals surface area contributed by atoms with Crippen molar-refractivity contribution in [1.29, 1.82) is 0 Å². The second-order valence-corrected chi connectivity index (χ2v) is 10.4. The van der Waals surface area contributed by atoms with Gasteiger partial charge in [-0.1, -0.05) is 48.5 Å². The zero-order valence-corrected chi connectivity index (χ0v) is 21.4. The highest BCUT2D eigenvalue weighted by Crippen LogP contribution is 2.42. The van der Waals surface area contributed by atoms with E-state index in [2.05, 4.69) is 53.2 Å². The predicted octanol–water partition coefficient (Wildman–Crippen LogP) is 6.67. The summed E-state index contributed by atoms with van der Waals surface area (Å²) in [6.07, 6.45) is 0. The molecule has 6 heteroatoms. The molecule has 5 rings (SSSR count). The molecule has 0 aliphatic carbocycles. The van der Waals surface area contributed by atoms with Gasteiger partial charge in [-0.2, -0.15) is 0 Å². The average molecular weight is 500 g/mol. The molecule has 1 saturated heterocycles. The Morgan fingerprint density at radius 3 is 2.11 bits per heavy atom. The van der Waals surface area contributed by atoms with E-state index in [0.717, 1.165) is 42.3 Å². The number of piperazine rings is 1. The van der Waals surface area contributed by atoms with Crippen molar-refractivity contribution in [2.24, 2.45) is 0 Å². The zero-order chi connectivity index (χ0) is 25.1.